The SMILES string of the molecule is CN=C(NCc1nccn1C(F)F)Nc1cccc(OCCCOC)c1. The van der Waals surface area contributed by atoms with Crippen molar-refractivity contribution in [2.45, 2.75) is 19.5 Å². The van der Waals surface area contributed by atoms with Crippen molar-refractivity contribution in [3.63, 3.8) is 0 Å². The Balaban J connectivity index is 1.90. The number of guanidine groups is 1. The Hall–Kier alpha value is -2.68. The lowest BCUT2D eigenvalue weighted by atomic mass is 10.3. The van der Waals surface area contributed by atoms with E-state index in [1.54, 1.807) is 14.2 Å². The molecule has 0 amide bonds. The molecule has 0 saturated carbocycles. The Bertz CT molecular complexity index is 706. The first-order chi connectivity index (χ1) is 12.6. The fourth-order valence-electron chi connectivity index (χ4n) is 2.19. The van der Waals surface area contributed by atoms with Crippen LogP contribution in [0.25, 0.3) is 0 Å². The minimum Gasteiger partial charge on any atom is -0.493 e. The van der Waals surface area contributed by atoms with Gasteiger partial charge in [-0.05, 0) is 12.1 Å². The third-order valence-electron chi connectivity index (χ3n) is 3.46. The van der Waals surface area contributed by atoms with E-state index in [1.165, 1.54) is 12.4 Å². The molecule has 2 aromatic rings. The third-order valence-corrected chi connectivity index (χ3v) is 3.46. The fraction of sp³-hybridized carbons (Fsp3) is 0.412. The van der Waals surface area contributed by atoms with Gasteiger partial charge >= 0.3 is 6.55 Å². The summed E-state index contributed by atoms with van der Waals surface area (Å²) in [5, 5.41) is 6.05. The average Bonchev–Trinajstić information content (AvgIpc) is 3.11. The van der Waals surface area contributed by atoms with Gasteiger partial charge in [-0.15, -0.1) is 0 Å². The van der Waals surface area contributed by atoms with E-state index < -0.39 is 6.55 Å². The topological polar surface area (TPSA) is 72.7 Å². The summed E-state index contributed by atoms with van der Waals surface area (Å²) < 4.78 is 37.1. The van der Waals surface area contributed by atoms with E-state index >= 15 is 0 Å². The maximum absolute atomic E-state index is 12.8. The zero-order valence-corrected chi connectivity index (χ0v) is 14.8. The Labute approximate surface area is 151 Å². The molecule has 2 N–H and O–H groups in total. The second-order valence-corrected chi connectivity index (χ2v) is 5.30. The number of nitrogens with zero attached hydrogens (tertiary/aromatic N) is 3. The van der Waals surface area contributed by atoms with Gasteiger partial charge in [0.25, 0.3) is 0 Å². The number of hydrogen-bond donors (Lipinski definition) is 2. The van der Waals surface area contributed by atoms with Crippen molar-refractivity contribution in [2.75, 3.05) is 32.7 Å². The van der Waals surface area contributed by atoms with Gasteiger partial charge in [0.15, 0.2) is 5.96 Å². The predicted octanol–water partition coefficient (Wildman–Crippen LogP) is 2.88. The van der Waals surface area contributed by atoms with Crippen LogP contribution in [-0.2, 0) is 11.3 Å². The molecule has 0 fully saturated rings. The molecule has 26 heavy (non-hydrogen) atoms. The Morgan fingerprint density at radius 1 is 1.35 bits per heavy atom. The molecule has 0 atom stereocenters. The van der Waals surface area contributed by atoms with Crippen LogP contribution in [0.1, 0.15) is 18.8 Å². The van der Waals surface area contributed by atoms with Crippen molar-refractivity contribution in [3.05, 3.63) is 42.5 Å². The standard InChI is InChI=1S/C17H23F2N5O2/c1-20-17(22-12-15-21-7-8-24(15)16(18)19)23-13-5-3-6-14(11-13)26-10-4-9-25-2/h3,5-8,11,16H,4,9-10,12H2,1-2H3,(H2,20,22,23). The summed E-state index contributed by atoms with van der Waals surface area (Å²) in [6.45, 7) is -1.32. The van der Waals surface area contributed by atoms with Crippen LogP contribution in [0.5, 0.6) is 5.75 Å². The molecule has 1 aromatic carbocycles. The normalized spacial score (nSPS) is 11.7. The second-order valence-electron chi connectivity index (χ2n) is 5.30. The minimum atomic E-state index is -2.63. The number of hydrogen-bond acceptors (Lipinski definition) is 4. The number of aliphatic imine (C=N–C) groups is 1. The molecule has 0 spiro atoms. The molecule has 0 aliphatic carbocycles. The number of halogens is 2. The van der Waals surface area contributed by atoms with Crippen molar-refractivity contribution in [1.82, 2.24) is 14.9 Å². The number of alkyl halides is 2. The van der Waals surface area contributed by atoms with Crippen LogP contribution < -0.4 is 15.4 Å². The van der Waals surface area contributed by atoms with Gasteiger partial charge in [-0.25, -0.2) is 4.98 Å². The first-order valence-corrected chi connectivity index (χ1v) is 8.13. The van der Waals surface area contributed by atoms with Crippen molar-refractivity contribution in [3.8, 4) is 5.75 Å². The van der Waals surface area contributed by atoms with Gasteiger partial charge in [-0.3, -0.25) is 9.56 Å². The Morgan fingerprint density at radius 2 is 2.19 bits per heavy atom. The van der Waals surface area contributed by atoms with E-state index in [-0.39, 0.29) is 12.4 Å². The minimum absolute atomic E-state index is 0.115. The molecule has 0 aliphatic rings. The van der Waals surface area contributed by atoms with Gasteiger partial charge in [0.1, 0.15) is 11.6 Å². The summed E-state index contributed by atoms with van der Waals surface area (Å²) in [4.78, 5) is 8.01. The largest absolute Gasteiger partial charge is 0.493 e. The number of nitrogens with one attached hydrogen (secondary N) is 2. The molecule has 0 bridgehead atoms. The number of anilines is 1. The van der Waals surface area contributed by atoms with E-state index in [0.717, 1.165) is 22.4 Å². The quantitative estimate of drug-likeness (QED) is 0.405. The molecular weight excluding hydrogens is 344 g/mol. The zero-order valence-electron chi connectivity index (χ0n) is 14.8. The smallest absolute Gasteiger partial charge is 0.319 e. The van der Waals surface area contributed by atoms with E-state index in [0.29, 0.717) is 19.2 Å². The van der Waals surface area contributed by atoms with Crippen LogP contribution >= 0.6 is 0 Å². The van der Waals surface area contributed by atoms with E-state index in [4.69, 9.17) is 9.47 Å². The maximum atomic E-state index is 12.8. The fourth-order valence-corrected chi connectivity index (χ4v) is 2.19. The van der Waals surface area contributed by atoms with Crippen LogP contribution in [0.4, 0.5) is 14.5 Å². The summed E-state index contributed by atoms with van der Waals surface area (Å²) in [5.41, 5.74) is 0.763. The molecule has 1 heterocycles. The molecule has 142 valence electrons. The van der Waals surface area contributed by atoms with Gasteiger partial charge in [0.05, 0.1) is 13.2 Å². The molecule has 0 unspecified atom stereocenters. The van der Waals surface area contributed by atoms with Crippen molar-refractivity contribution >= 4 is 11.6 Å². The number of imidazole rings is 1. The van der Waals surface area contributed by atoms with Crippen LogP contribution in [0.2, 0.25) is 0 Å². The highest BCUT2D eigenvalue weighted by Crippen LogP contribution is 2.17. The number of ether oxygens (including phenoxy) is 2. The lowest BCUT2D eigenvalue weighted by Crippen LogP contribution is -2.31. The van der Waals surface area contributed by atoms with Crippen LogP contribution in [-0.4, -0.2) is 42.9 Å². The highest BCUT2D eigenvalue weighted by Gasteiger charge is 2.11. The van der Waals surface area contributed by atoms with Gasteiger partial charge < -0.3 is 20.1 Å². The van der Waals surface area contributed by atoms with Crippen LogP contribution in [0.3, 0.4) is 0 Å². The summed E-state index contributed by atoms with van der Waals surface area (Å²) >= 11 is 0. The molecule has 7 nitrogen and oxygen atoms in total. The Morgan fingerprint density at radius 3 is 2.92 bits per heavy atom. The van der Waals surface area contributed by atoms with Crippen molar-refractivity contribution in [1.29, 1.82) is 0 Å². The number of benzene rings is 1. The molecule has 0 aliphatic heterocycles. The number of aromatic nitrogens is 2. The lowest BCUT2D eigenvalue weighted by molar-refractivity contribution is 0.0668. The third kappa shape index (κ3) is 5.99. The first kappa shape index (κ1) is 19.6. The highest BCUT2D eigenvalue weighted by atomic mass is 19.3. The van der Waals surface area contributed by atoms with Crippen LogP contribution in [0.15, 0.2) is 41.7 Å². The van der Waals surface area contributed by atoms with E-state index in [9.17, 15) is 8.78 Å². The van der Waals surface area contributed by atoms with E-state index in [1.807, 2.05) is 24.3 Å². The maximum Gasteiger partial charge on any atom is 0.319 e. The summed E-state index contributed by atoms with van der Waals surface area (Å²) in [6.07, 6.45) is 3.38. The molecule has 2 rings (SSSR count). The summed E-state index contributed by atoms with van der Waals surface area (Å²) in [6, 6.07) is 7.40. The monoisotopic (exact) mass is 367 g/mol. The molecule has 1 aromatic heterocycles. The second kappa shape index (κ2) is 10.3. The van der Waals surface area contributed by atoms with Crippen LogP contribution in [0, 0.1) is 0 Å². The summed E-state index contributed by atoms with van der Waals surface area (Å²) in [5.74, 6) is 1.37. The van der Waals surface area contributed by atoms with Gasteiger partial charge in [-0.2, -0.15) is 8.78 Å². The Kier molecular flexibility index (Phi) is 7.81. The molecular formula is C17H23F2N5O2. The average molecular weight is 367 g/mol. The van der Waals surface area contributed by atoms with E-state index in [2.05, 4.69) is 20.6 Å². The van der Waals surface area contributed by atoms with Gasteiger partial charge in [0, 0.05) is 51.3 Å². The molecule has 0 radical (unpaired) electrons. The van der Waals surface area contributed by atoms with Crippen molar-refractivity contribution < 1.29 is 18.3 Å². The molecule has 9 heteroatoms. The lowest BCUT2D eigenvalue weighted by Gasteiger charge is -2.13. The number of rotatable bonds is 9. The highest BCUT2D eigenvalue weighted by molar-refractivity contribution is 5.93. The van der Waals surface area contributed by atoms with Gasteiger partial charge in [-0.1, -0.05) is 6.07 Å². The molecule has 0 saturated heterocycles. The predicted molar refractivity (Wildman–Crippen MR) is 95.7 cm³/mol. The van der Waals surface area contributed by atoms with Crippen molar-refractivity contribution in [2.24, 2.45) is 4.99 Å². The number of methoxy groups -OCH3 is 1. The summed E-state index contributed by atoms with van der Waals surface area (Å²) in [7, 11) is 3.25. The van der Waals surface area contributed by atoms with Gasteiger partial charge in [0.2, 0.25) is 0 Å². The first-order valence-electron chi connectivity index (χ1n) is 8.13. The zero-order chi connectivity index (χ0) is 18.8.